The van der Waals surface area contributed by atoms with Crippen LogP contribution in [-0.2, 0) is 33.4 Å². The first-order chi connectivity index (χ1) is 19.4. The number of imidazole rings is 1. The Balaban J connectivity index is 1.47. The third-order valence-corrected chi connectivity index (χ3v) is 8.56. The lowest BCUT2D eigenvalue weighted by Crippen LogP contribution is -2.40. The lowest BCUT2D eigenvalue weighted by Gasteiger charge is -2.26. The Bertz CT molecular complexity index is 1540. The van der Waals surface area contributed by atoms with Crippen LogP contribution in [0.4, 0.5) is 10.5 Å². The molecule has 0 bridgehead atoms. The van der Waals surface area contributed by atoms with Gasteiger partial charge in [0.25, 0.3) is 0 Å². The van der Waals surface area contributed by atoms with E-state index < -0.39 is 9.84 Å². The first-order valence-electron chi connectivity index (χ1n) is 13.2. The van der Waals surface area contributed by atoms with Crippen LogP contribution in [0.5, 0.6) is 0 Å². The van der Waals surface area contributed by atoms with Crippen molar-refractivity contribution in [2.24, 2.45) is 0 Å². The molecule has 0 aliphatic carbocycles. The van der Waals surface area contributed by atoms with E-state index in [2.05, 4.69) is 10.3 Å². The summed E-state index contributed by atoms with van der Waals surface area (Å²) in [5.41, 5.74) is 2.78. The molecule has 10 heteroatoms. The van der Waals surface area contributed by atoms with E-state index in [1.54, 1.807) is 52.1 Å². The molecule has 1 aliphatic heterocycles. The summed E-state index contributed by atoms with van der Waals surface area (Å²) in [6.07, 6.45) is 3.23. The fourth-order valence-corrected chi connectivity index (χ4v) is 6.46. The summed E-state index contributed by atoms with van der Waals surface area (Å²) in [5, 5.41) is 3.40. The molecule has 0 spiro atoms. The highest BCUT2D eigenvalue weighted by Crippen LogP contribution is 2.23. The lowest BCUT2D eigenvalue weighted by atomic mass is 10.2. The van der Waals surface area contributed by atoms with Crippen molar-refractivity contribution in [3.63, 3.8) is 0 Å². The number of ether oxygens (including phenoxy) is 1. The van der Waals surface area contributed by atoms with E-state index in [1.165, 1.54) is 0 Å². The Kier molecular flexibility index (Phi) is 8.84. The van der Waals surface area contributed by atoms with Crippen LogP contribution < -0.4 is 5.32 Å². The predicted octanol–water partition coefficient (Wildman–Crippen LogP) is 5.77. The van der Waals surface area contributed by atoms with Gasteiger partial charge in [0.2, 0.25) is 15.0 Å². The van der Waals surface area contributed by atoms with Gasteiger partial charge in [-0.15, -0.1) is 0 Å². The summed E-state index contributed by atoms with van der Waals surface area (Å²) >= 11 is 6.12. The van der Waals surface area contributed by atoms with Crippen molar-refractivity contribution < 1.29 is 17.9 Å². The average Bonchev–Trinajstić information content (AvgIpc) is 3.60. The second-order valence-corrected chi connectivity index (χ2v) is 12.1. The summed E-state index contributed by atoms with van der Waals surface area (Å²) in [5.74, 6) is -0.173. The van der Waals surface area contributed by atoms with Gasteiger partial charge in [-0.25, -0.2) is 18.2 Å². The second-order valence-electron chi connectivity index (χ2n) is 9.80. The zero-order valence-corrected chi connectivity index (χ0v) is 23.5. The molecule has 8 nitrogen and oxygen atoms in total. The number of hydrogen-bond acceptors (Lipinski definition) is 5. The van der Waals surface area contributed by atoms with Crippen LogP contribution in [0.25, 0.3) is 0 Å². The van der Waals surface area contributed by atoms with E-state index in [0.717, 1.165) is 18.4 Å². The van der Waals surface area contributed by atoms with Gasteiger partial charge >= 0.3 is 6.03 Å². The maximum Gasteiger partial charge on any atom is 0.322 e. The van der Waals surface area contributed by atoms with Gasteiger partial charge in [-0.05, 0) is 42.2 Å². The molecule has 1 saturated heterocycles. The minimum absolute atomic E-state index is 0.0254. The quantitative estimate of drug-likeness (QED) is 0.258. The van der Waals surface area contributed by atoms with Gasteiger partial charge in [-0.3, -0.25) is 0 Å². The van der Waals surface area contributed by atoms with E-state index in [-0.39, 0.29) is 29.6 Å². The number of carbonyl (C=O) groups is 1. The lowest BCUT2D eigenvalue weighted by molar-refractivity contribution is 0.0813. The SMILES string of the molecule is O=C(Nc1cccc(Cl)c1)N(Cc1cnc(S(=O)(=O)Cc2ccccc2)n1Cc1ccccc1)C[C@@H]1CCCO1. The van der Waals surface area contributed by atoms with Crippen molar-refractivity contribution in [2.45, 2.75) is 42.9 Å². The number of aromatic nitrogens is 2. The van der Waals surface area contributed by atoms with E-state index in [1.807, 2.05) is 48.5 Å². The Morgan fingerprint density at radius 3 is 2.42 bits per heavy atom. The minimum atomic E-state index is -3.78. The van der Waals surface area contributed by atoms with E-state index in [4.69, 9.17) is 16.3 Å². The van der Waals surface area contributed by atoms with Crippen LogP contribution in [0.3, 0.4) is 0 Å². The molecule has 2 heterocycles. The number of nitrogens with one attached hydrogen (secondary N) is 1. The first kappa shape index (κ1) is 27.9. The molecule has 208 valence electrons. The number of urea groups is 1. The molecule has 0 unspecified atom stereocenters. The van der Waals surface area contributed by atoms with Gasteiger partial charge in [0.05, 0.1) is 36.8 Å². The van der Waals surface area contributed by atoms with Gasteiger partial charge in [0.15, 0.2) is 0 Å². The summed E-state index contributed by atoms with van der Waals surface area (Å²) in [4.78, 5) is 19.5. The number of nitrogens with zero attached hydrogens (tertiary/aromatic N) is 3. The molecular weight excluding hydrogens is 548 g/mol. The van der Waals surface area contributed by atoms with Gasteiger partial charge in [-0.2, -0.15) is 0 Å². The number of amides is 2. The number of rotatable bonds is 10. The molecule has 1 aromatic heterocycles. The Hall–Kier alpha value is -3.66. The van der Waals surface area contributed by atoms with Crippen molar-refractivity contribution in [1.29, 1.82) is 0 Å². The van der Waals surface area contributed by atoms with Crippen LogP contribution in [0.15, 0.2) is 96.3 Å². The average molecular weight is 579 g/mol. The molecule has 40 heavy (non-hydrogen) atoms. The van der Waals surface area contributed by atoms with Crippen LogP contribution in [0.1, 0.15) is 29.7 Å². The highest BCUT2D eigenvalue weighted by atomic mass is 35.5. The summed E-state index contributed by atoms with van der Waals surface area (Å²) in [7, 11) is -3.78. The van der Waals surface area contributed by atoms with Crippen LogP contribution in [0, 0.1) is 0 Å². The number of carbonyl (C=O) groups excluding carboxylic acids is 1. The van der Waals surface area contributed by atoms with Crippen molar-refractivity contribution in [1.82, 2.24) is 14.5 Å². The molecule has 5 rings (SSSR count). The molecule has 3 aromatic carbocycles. The molecule has 4 aromatic rings. The van der Waals surface area contributed by atoms with Crippen LogP contribution in [0.2, 0.25) is 5.02 Å². The largest absolute Gasteiger partial charge is 0.376 e. The highest BCUT2D eigenvalue weighted by Gasteiger charge is 2.28. The van der Waals surface area contributed by atoms with Gasteiger partial charge in [-0.1, -0.05) is 78.3 Å². The van der Waals surface area contributed by atoms with E-state index in [0.29, 0.717) is 41.7 Å². The molecule has 0 saturated carbocycles. The predicted molar refractivity (Wildman–Crippen MR) is 155 cm³/mol. The minimum Gasteiger partial charge on any atom is -0.376 e. The van der Waals surface area contributed by atoms with Crippen molar-refractivity contribution in [3.8, 4) is 0 Å². The smallest absolute Gasteiger partial charge is 0.322 e. The third-order valence-electron chi connectivity index (χ3n) is 6.73. The first-order valence-corrected chi connectivity index (χ1v) is 15.2. The van der Waals surface area contributed by atoms with Crippen molar-refractivity contribution >= 4 is 33.2 Å². The molecule has 1 N–H and O–H groups in total. The van der Waals surface area contributed by atoms with Crippen LogP contribution in [-0.4, -0.2) is 48.2 Å². The summed E-state index contributed by atoms with van der Waals surface area (Å²) in [6, 6.07) is 25.3. The highest BCUT2D eigenvalue weighted by molar-refractivity contribution is 7.90. The topological polar surface area (TPSA) is 93.5 Å². The van der Waals surface area contributed by atoms with E-state index >= 15 is 0 Å². The normalized spacial score (nSPS) is 15.2. The van der Waals surface area contributed by atoms with E-state index in [9.17, 15) is 13.2 Å². The number of hydrogen-bond donors (Lipinski definition) is 1. The zero-order valence-electron chi connectivity index (χ0n) is 21.9. The van der Waals surface area contributed by atoms with Crippen molar-refractivity contribution in [2.75, 3.05) is 18.5 Å². The second kappa shape index (κ2) is 12.7. The van der Waals surface area contributed by atoms with Crippen LogP contribution >= 0.6 is 11.6 Å². The molecule has 2 amide bonds. The number of benzene rings is 3. The molecule has 1 fully saturated rings. The summed E-state index contributed by atoms with van der Waals surface area (Å²) in [6.45, 7) is 1.45. The fraction of sp³-hybridized carbons (Fsp3) is 0.267. The Labute approximate surface area is 239 Å². The number of sulfone groups is 1. The number of halogens is 1. The Morgan fingerprint density at radius 2 is 1.75 bits per heavy atom. The maximum absolute atomic E-state index is 13.6. The fourth-order valence-electron chi connectivity index (χ4n) is 4.78. The molecule has 1 atom stereocenters. The molecule has 1 aliphatic rings. The number of anilines is 1. The monoisotopic (exact) mass is 578 g/mol. The third kappa shape index (κ3) is 7.10. The van der Waals surface area contributed by atoms with Gasteiger partial charge in [0.1, 0.15) is 0 Å². The zero-order chi connectivity index (χ0) is 28.0. The standard InChI is InChI=1S/C30H31ClN4O4S/c31-25-13-7-14-26(17-25)33-29(36)34(21-28-15-8-16-39-28)20-27-18-32-30(35(27)19-23-9-3-1-4-10-23)40(37,38)22-24-11-5-2-6-12-24/h1-7,9-14,17-18,28H,8,15-16,19-22H2,(H,33,36)/t28-/m0/s1. The maximum atomic E-state index is 13.6. The van der Waals surface area contributed by atoms with Gasteiger partial charge in [0, 0.05) is 23.9 Å². The van der Waals surface area contributed by atoms with Crippen molar-refractivity contribution in [3.05, 3.63) is 113 Å². The van der Waals surface area contributed by atoms with Gasteiger partial charge < -0.3 is 19.5 Å². The molecule has 0 radical (unpaired) electrons. The molecular formula is C30H31ClN4O4S. The summed E-state index contributed by atoms with van der Waals surface area (Å²) < 4.78 is 34.7. The Morgan fingerprint density at radius 1 is 1.02 bits per heavy atom.